The highest BCUT2D eigenvalue weighted by Crippen LogP contribution is 2.26. The van der Waals surface area contributed by atoms with Crippen LogP contribution in [0.25, 0.3) is 0 Å². The lowest BCUT2D eigenvalue weighted by Gasteiger charge is -2.38. The molecule has 1 aromatic rings. The molecular weight excluding hydrogens is 569 g/mol. The number of carbonyl (C=O) groups is 3. The topological polar surface area (TPSA) is 103 Å². The van der Waals surface area contributed by atoms with Gasteiger partial charge in [-0.1, -0.05) is 75.3 Å². The molecule has 11 heteroatoms. The molecule has 0 radical (unpaired) electrons. The fourth-order valence-electron chi connectivity index (χ4n) is 5.25. The van der Waals surface area contributed by atoms with Gasteiger partial charge in [0, 0.05) is 6.42 Å². The molecule has 0 spiro atoms. The minimum Gasteiger partial charge on any atom is -0.466 e. The van der Waals surface area contributed by atoms with E-state index in [1.165, 1.54) is 32.1 Å². The molecule has 1 heterocycles. The normalized spacial score (nSPS) is 18.1. The van der Waals surface area contributed by atoms with E-state index in [9.17, 15) is 14.4 Å². The van der Waals surface area contributed by atoms with Crippen LogP contribution < -0.4 is 10.6 Å². The summed E-state index contributed by atoms with van der Waals surface area (Å²) >= 11 is 0. The highest BCUT2D eigenvalue weighted by Gasteiger charge is 2.39. The highest BCUT2D eigenvalue weighted by molar-refractivity contribution is 6.87. The molecule has 0 aromatic heterocycles. The van der Waals surface area contributed by atoms with E-state index in [-0.39, 0.29) is 18.2 Å². The van der Waals surface area contributed by atoms with Crippen molar-refractivity contribution in [2.45, 2.75) is 128 Å². The van der Waals surface area contributed by atoms with E-state index in [1.807, 2.05) is 30.3 Å². The van der Waals surface area contributed by atoms with Crippen molar-refractivity contribution in [3.8, 4) is 0 Å². The third-order valence-electron chi connectivity index (χ3n) is 6.75. The summed E-state index contributed by atoms with van der Waals surface area (Å²) < 4.78 is 18.5. The van der Waals surface area contributed by atoms with Gasteiger partial charge < -0.3 is 23.6 Å². The average Bonchev–Trinajstić information content (AvgIpc) is 2.84. The molecule has 1 aromatic carbocycles. The van der Waals surface area contributed by atoms with Crippen LogP contribution in [0.4, 0.5) is 0 Å². The molecule has 2 amide bonds. The second-order valence-electron chi connectivity index (χ2n) is 13.4. The minimum atomic E-state index is -2.12. The molecule has 1 saturated heterocycles. The van der Waals surface area contributed by atoms with Gasteiger partial charge >= 0.3 is 14.5 Å². The van der Waals surface area contributed by atoms with Gasteiger partial charge in [-0.15, -0.1) is 0 Å². The van der Waals surface area contributed by atoms with Crippen LogP contribution in [0, 0.1) is 0 Å². The Balaban J connectivity index is 1.52. The zero-order valence-electron chi connectivity index (χ0n) is 26.5. The number of hydrogen-bond acceptors (Lipinski definition) is 6. The number of rotatable bonds is 19. The summed E-state index contributed by atoms with van der Waals surface area (Å²) in [6.45, 7) is 16.1. The molecule has 2 N–H and O–H groups in total. The largest absolute Gasteiger partial charge is 0.466 e. The summed E-state index contributed by atoms with van der Waals surface area (Å²) in [5.41, 5.74) is 0.964. The van der Waals surface area contributed by atoms with Crippen molar-refractivity contribution in [2.24, 2.45) is 0 Å². The maximum Gasteiger partial charge on any atom is 0.314 e. The minimum absolute atomic E-state index is 0.149. The number of carbonyl (C=O) groups excluding carboxylic acids is 3. The van der Waals surface area contributed by atoms with E-state index in [1.54, 1.807) is 0 Å². The third kappa shape index (κ3) is 15.3. The van der Waals surface area contributed by atoms with Crippen molar-refractivity contribution in [1.29, 1.82) is 0 Å². The van der Waals surface area contributed by atoms with Crippen molar-refractivity contribution < 1.29 is 27.4 Å². The quantitative estimate of drug-likeness (QED) is 0.111. The molecule has 2 atom stereocenters. The van der Waals surface area contributed by atoms with Crippen LogP contribution in [-0.2, 0) is 33.8 Å². The first-order valence-corrected chi connectivity index (χ1v) is 24.7. The second-order valence-corrected chi connectivity index (χ2v) is 26.2. The van der Waals surface area contributed by atoms with Crippen molar-refractivity contribution >= 4 is 43.0 Å². The van der Waals surface area contributed by atoms with E-state index >= 15 is 0 Å². The molecule has 232 valence electrons. The Morgan fingerprint density at radius 2 is 1.20 bits per heavy atom. The van der Waals surface area contributed by atoms with Gasteiger partial charge in [-0.25, -0.2) is 0 Å². The maximum atomic E-state index is 12.4. The van der Waals surface area contributed by atoms with Crippen molar-refractivity contribution in [2.75, 3.05) is 6.61 Å². The summed E-state index contributed by atoms with van der Waals surface area (Å²) in [6, 6.07) is 9.08. The van der Waals surface area contributed by atoms with Gasteiger partial charge in [-0.3, -0.25) is 14.4 Å². The zero-order valence-corrected chi connectivity index (χ0v) is 29.5. The van der Waals surface area contributed by atoms with E-state index in [0.717, 1.165) is 30.9 Å². The monoisotopic (exact) mass is 622 g/mol. The first kappa shape index (κ1) is 35.4. The summed E-state index contributed by atoms with van der Waals surface area (Å²) in [4.78, 5) is 37.1. The fourth-order valence-corrected chi connectivity index (χ4v) is 17.9. The van der Waals surface area contributed by atoms with E-state index < -0.39 is 43.2 Å². The molecule has 41 heavy (non-hydrogen) atoms. The predicted octanol–water partition coefficient (Wildman–Crippen LogP) is 6.04. The van der Waals surface area contributed by atoms with Crippen LogP contribution in [0.2, 0.25) is 51.9 Å². The lowest BCUT2D eigenvalue weighted by atomic mass is 10.0. The van der Waals surface area contributed by atoms with Crippen LogP contribution in [0.3, 0.4) is 0 Å². The lowest BCUT2D eigenvalue weighted by Crippen LogP contribution is -2.62. The van der Waals surface area contributed by atoms with E-state index in [0.29, 0.717) is 13.0 Å². The van der Waals surface area contributed by atoms with Gasteiger partial charge in [-0.2, -0.15) is 0 Å². The smallest absolute Gasteiger partial charge is 0.314 e. The van der Waals surface area contributed by atoms with Gasteiger partial charge in [0.1, 0.15) is 12.1 Å². The molecular formula is C30H54N2O6Si3. The van der Waals surface area contributed by atoms with Crippen LogP contribution in [0.5, 0.6) is 0 Å². The Bertz CT molecular complexity index is 949. The molecule has 1 aliphatic heterocycles. The third-order valence-corrected chi connectivity index (χ3v) is 16.4. The predicted molar refractivity (Wildman–Crippen MR) is 172 cm³/mol. The molecule has 1 fully saturated rings. The van der Waals surface area contributed by atoms with Gasteiger partial charge in [-0.05, 0) is 63.9 Å². The van der Waals surface area contributed by atoms with Crippen LogP contribution in [-0.4, -0.2) is 61.7 Å². The summed E-state index contributed by atoms with van der Waals surface area (Å²) in [5.74, 6) is -1.08. The summed E-state index contributed by atoms with van der Waals surface area (Å²) in [6.07, 6.45) is 9.19. The Morgan fingerprint density at radius 1 is 0.707 bits per heavy atom. The first-order chi connectivity index (χ1) is 19.2. The first-order valence-electron chi connectivity index (χ1n) is 15.4. The molecule has 2 unspecified atom stereocenters. The number of amides is 2. The highest BCUT2D eigenvalue weighted by atomic mass is 28.5. The van der Waals surface area contributed by atoms with Crippen molar-refractivity contribution in [1.82, 2.24) is 10.6 Å². The number of hydrogen-bond donors (Lipinski definition) is 2. The summed E-state index contributed by atoms with van der Waals surface area (Å²) in [7, 11) is -5.39. The number of esters is 1. The van der Waals surface area contributed by atoms with Gasteiger partial charge in [0.05, 0.1) is 13.0 Å². The van der Waals surface area contributed by atoms with E-state index in [2.05, 4.69) is 56.5 Å². The molecule has 0 aliphatic carbocycles. The molecule has 0 saturated carbocycles. The Hall–Kier alpha value is -1.80. The lowest BCUT2D eigenvalue weighted by molar-refractivity contribution is -0.147. The van der Waals surface area contributed by atoms with Crippen LogP contribution in [0.15, 0.2) is 30.3 Å². The Labute approximate surface area is 251 Å². The van der Waals surface area contributed by atoms with E-state index in [4.69, 9.17) is 13.0 Å². The number of nitrogens with one attached hydrogen (secondary N) is 2. The Kier molecular flexibility index (Phi) is 14.5. The van der Waals surface area contributed by atoms with Gasteiger partial charge in [0.2, 0.25) is 11.8 Å². The Morgan fingerprint density at radius 3 is 1.76 bits per heavy atom. The summed E-state index contributed by atoms with van der Waals surface area (Å²) in [5, 5.41) is 5.41. The van der Waals surface area contributed by atoms with Gasteiger partial charge in [0.15, 0.2) is 16.6 Å². The number of ether oxygens (including phenoxy) is 1. The number of unbranched alkanes of at least 4 members (excludes halogenated alkanes) is 7. The molecule has 8 nitrogen and oxygen atoms in total. The fraction of sp³-hybridized carbons (Fsp3) is 0.700. The van der Waals surface area contributed by atoms with Gasteiger partial charge in [0.25, 0.3) is 0 Å². The van der Waals surface area contributed by atoms with Crippen LogP contribution in [0.1, 0.15) is 63.4 Å². The number of piperazine rings is 1. The number of benzene rings is 1. The van der Waals surface area contributed by atoms with Crippen molar-refractivity contribution in [3.05, 3.63) is 35.9 Å². The van der Waals surface area contributed by atoms with Crippen molar-refractivity contribution in [3.63, 3.8) is 0 Å². The second kappa shape index (κ2) is 16.7. The standard InChI is InChI=1S/C30H54N2O6Si3/c1-39(2,3)37-41(7,38-40(4,5)6)22-18-13-11-9-8-10-12-17-21-36-28(33)24-27-30(35)31-26(29(34)32-27)23-25-19-15-14-16-20-25/h14-16,19-20,26-27H,8-13,17-18,21-24H2,1-7H3,(H,31,35)(H,32,34). The zero-order chi connectivity index (χ0) is 30.5. The molecule has 1 aliphatic rings. The van der Waals surface area contributed by atoms with Crippen LogP contribution >= 0.6 is 0 Å². The molecule has 0 bridgehead atoms. The SMILES string of the molecule is C[Si](C)(C)O[Si](C)(CCCCCCCCCCOC(=O)CC1NC(=O)C(Cc2ccccc2)NC1=O)O[Si](C)(C)C. The molecule has 2 rings (SSSR count). The maximum absolute atomic E-state index is 12.4. The average molecular weight is 623 g/mol.